The molecule has 1 aromatic heterocycles. The van der Waals surface area contributed by atoms with Gasteiger partial charge in [-0.15, -0.1) is 0 Å². The Morgan fingerprint density at radius 1 is 1.20 bits per heavy atom. The standard InChI is InChI=1S/C21H20ClFN4O3/c1-3-18-16(12-24-27(18)15-8-6-7-14(22)11-15)21(29)26-25-20(28)13(2)30-19-10-5-4-9-17(19)23/h4-13H,3H2,1-2H3,(H,25,28)(H,26,29). The minimum atomic E-state index is -1.03. The molecule has 0 fully saturated rings. The Balaban J connectivity index is 1.66. The Morgan fingerprint density at radius 2 is 1.97 bits per heavy atom. The van der Waals surface area contributed by atoms with Gasteiger partial charge in [-0.2, -0.15) is 5.10 Å². The number of carbonyl (C=O) groups is 2. The van der Waals surface area contributed by atoms with Gasteiger partial charge in [-0.25, -0.2) is 9.07 Å². The molecule has 0 aliphatic rings. The van der Waals surface area contributed by atoms with Crippen LogP contribution in [0, 0.1) is 5.82 Å². The zero-order chi connectivity index (χ0) is 21.7. The smallest absolute Gasteiger partial charge is 0.279 e. The predicted octanol–water partition coefficient (Wildman–Crippen LogP) is 3.46. The van der Waals surface area contributed by atoms with Gasteiger partial charge in [-0.3, -0.25) is 20.4 Å². The van der Waals surface area contributed by atoms with Crippen molar-refractivity contribution in [2.24, 2.45) is 0 Å². The first-order chi connectivity index (χ1) is 14.4. The molecule has 0 saturated carbocycles. The van der Waals surface area contributed by atoms with E-state index in [1.165, 1.54) is 31.3 Å². The van der Waals surface area contributed by atoms with Gasteiger partial charge in [0, 0.05) is 5.02 Å². The topological polar surface area (TPSA) is 85.2 Å². The van der Waals surface area contributed by atoms with E-state index in [1.807, 2.05) is 13.0 Å². The number of para-hydroxylation sites is 1. The summed E-state index contributed by atoms with van der Waals surface area (Å²) in [5.41, 5.74) is 6.30. The average Bonchev–Trinajstić information content (AvgIpc) is 3.17. The number of nitrogens with zero attached hydrogens (tertiary/aromatic N) is 2. The number of carbonyl (C=O) groups excluding carboxylic acids is 2. The maximum absolute atomic E-state index is 13.7. The Bertz CT molecular complexity index is 1070. The van der Waals surface area contributed by atoms with Gasteiger partial charge in [0.2, 0.25) is 0 Å². The SMILES string of the molecule is CCc1c(C(=O)NNC(=O)C(C)Oc2ccccc2F)cnn1-c1cccc(Cl)c1. The van der Waals surface area contributed by atoms with Crippen LogP contribution in [0.15, 0.2) is 54.7 Å². The van der Waals surface area contributed by atoms with Gasteiger partial charge in [-0.1, -0.05) is 36.7 Å². The molecule has 9 heteroatoms. The molecule has 3 rings (SSSR count). The van der Waals surface area contributed by atoms with Gasteiger partial charge < -0.3 is 4.74 Å². The van der Waals surface area contributed by atoms with Crippen LogP contribution in [-0.2, 0) is 11.2 Å². The fourth-order valence-corrected chi connectivity index (χ4v) is 2.99. The highest BCUT2D eigenvalue weighted by atomic mass is 35.5. The summed E-state index contributed by atoms with van der Waals surface area (Å²) >= 11 is 6.04. The second-order valence-electron chi connectivity index (χ2n) is 6.38. The molecule has 0 bridgehead atoms. The fraction of sp³-hybridized carbons (Fsp3) is 0.190. The highest BCUT2D eigenvalue weighted by Crippen LogP contribution is 2.19. The number of hydrogen-bond donors (Lipinski definition) is 2. The largest absolute Gasteiger partial charge is 0.478 e. The molecule has 0 saturated heterocycles. The number of ether oxygens (including phenoxy) is 1. The van der Waals surface area contributed by atoms with Crippen molar-refractivity contribution in [1.29, 1.82) is 0 Å². The third-order valence-electron chi connectivity index (χ3n) is 4.31. The highest BCUT2D eigenvalue weighted by molar-refractivity contribution is 6.30. The van der Waals surface area contributed by atoms with E-state index in [4.69, 9.17) is 16.3 Å². The van der Waals surface area contributed by atoms with E-state index in [2.05, 4.69) is 16.0 Å². The van der Waals surface area contributed by atoms with Crippen molar-refractivity contribution in [2.75, 3.05) is 0 Å². The number of nitrogens with one attached hydrogen (secondary N) is 2. The summed E-state index contributed by atoms with van der Waals surface area (Å²) in [6.07, 6.45) is 0.915. The summed E-state index contributed by atoms with van der Waals surface area (Å²) in [5, 5.41) is 4.81. The summed E-state index contributed by atoms with van der Waals surface area (Å²) in [6.45, 7) is 3.33. The van der Waals surface area contributed by atoms with E-state index in [-0.39, 0.29) is 5.75 Å². The molecule has 7 nitrogen and oxygen atoms in total. The van der Waals surface area contributed by atoms with Crippen LogP contribution in [-0.4, -0.2) is 27.7 Å². The summed E-state index contributed by atoms with van der Waals surface area (Å²) in [5.74, 6) is -1.80. The number of amides is 2. The molecule has 0 radical (unpaired) electrons. The lowest BCUT2D eigenvalue weighted by atomic mass is 10.2. The van der Waals surface area contributed by atoms with Crippen molar-refractivity contribution in [3.63, 3.8) is 0 Å². The number of halogens is 2. The molecule has 2 amide bonds. The molecule has 0 aliphatic heterocycles. The molecule has 1 unspecified atom stereocenters. The lowest BCUT2D eigenvalue weighted by Crippen LogP contribution is -2.47. The summed E-state index contributed by atoms with van der Waals surface area (Å²) < 4.78 is 20.6. The highest BCUT2D eigenvalue weighted by Gasteiger charge is 2.20. The quantitative estimate of drug-likeness (QED) is 0.586. The third-order valence-corrected chi connectivity index (χ3v) is 4.55. The normalized spacial score (nSPS) is 11.6. The first-order valence-corrected chi connectivity index (χ1v) is 9.62. The number of aromatic nitrogens is 2. The van der Waals surface area contributed by atoms with E-state index in [1.54, 1.807) is 28.9 Å². The Labute approximate surface area is 177 Å². The second kappa shape index (κ2) is 9.41. The number of benzene rings is 2. The van der Waals surface area contributed by atoms with E-state index >= 15 is 0 Å². The molecule has 1 atom stereocenters. The van der Waals surface area contributed by atoms with Crippen LogP contribution in [0.25, 0.3) is 5.69 Å². The van der Waals surface area contributed by atoms with Crippen LogP contribution in [0.4, 0.5) is 4.39 Å². The van der Waals surface area contributed by atoms with E-state index < -0.39 is 23.7 Å². The molecule has 1 heterocycles. The number of rotatable bonds is 6. The number of hydrogen-bond acceptors (Lipinski definition) is 4. The Kier molecular flexibility index (Phi) is 6.68. The van der Waals surface area contributed by atoms with Crippen molar-refractivity contribution < 1.29 is 18.7 Å². The van der Waals surface area contributed by atoms with Crippen LogP contribution < -0.4 is 15.6 Å². The van der Waals surface area contributed by atoms with Crippen molar-refractivity contribution >= 4 is 23.4 Å². The van der Waals surface area contributed by atoms with E-state index in [0.717, 1.165) is 0 Å². The third kappa shape index (κ3) is 4.77. The molecule has 2 N–H and O–H groups in total. The summed E-state index contributed by atoms with van der Waals surface area (Å²) in [6, 6.07) is 12.8. The maximum Gasteiger partial charge on any atom is 0.279 e. The van der Waals surface area contributed by atoms with Gasteiger partial charge in [0.1, 0.15) is 0 Å². The minimum absolute atomic E-state index is 0.0532. The first kappa shape index (κ1) is 21.3. The molecule has 0 aliphatic carbocycles. The lowest BCUT2D eigenvalue weighted by molar-refractivity contribution is -0.128. The Morgan fingerprint density at radius 3 is 2.67 bits per heavy atom. The van der Waals surface area contributed by atoms with Gasteiger partial charge in [0.05, 0.1) is 23.1 Å². The molecule has 2 aromatic carbocycles. The summed E-state index contributed by atoms with van der Waals surface area (Å²) in [4.78, 5) is 24.8. The zero-order valence-corrected chi connectivity index (χ0v) is 17.1. The Hall–Kier alpha value is -3.39. The van der Waals surface area contributed by atoms with Crippen LogP contribution in [0.5, 0.6) is 5.75 Å². The van der Waals surface area contributed by atoms with Crippen LogP contribution in [0.2, 0.25) is 5.02 Å². The second-order valence-corrected chi connectivity index (χ2v) is 6.82. The van der Waals surface area contributed by atoms with Gasteiger partial charge in [0.25, 0.3) is 11.8 Å². The van der Waals surface area contributed by atoms with Crippen molar-refractivity contribution in [1.82, 2.24) is 20.6 Å². The van der Waals surface area contributed by atoms with Crippen molar-refractivity contribution in [3.8, 4) is 11.4 Å². The average molecular weight is 431 g/mol. The molecule has 156 valence electrons. The van der Waals surface area contributed by atoms with Crippen molar-refractivity contribution in [3.05, 3.63) is 76.8 Å². The van der Waals surface area contributed by atoms with Crippen LogP contribution in [0.1, 0.15) is 29.9 Å². The zero-order valence-electron chi connectivity index (χ0n) is 16.4. The van der Waals surface area contributed by atoms with Crippen molar-refractivity contribution in [2.45, 2.75) is 26.4 Å². The van der Waals surface area contributed by atoms with Crippen LogP contribution in [0.3, 0.4) is 0 Å². The summed E-state index contributed by atoms with van der Waals surface area (Å²) in [7, 11) is 0. The molecule has 30 heavy (non-hydrogen) atoms. The predicted molar refractivity (Wildman–Crippen MR) is 110 cm³/mol. The van der Waals surface area contributed by atoms with E-state index in [9.17, 15) is 14.0 Å². The van der Waals surface area contributed by atoms with E-state index in [0.29, 0.717) is 28.4 Å². The molecular weight excluding hydrogens is 411 g/mol. The maximum atomic E-state index is 13.7. The molecular formula is C21H20ClFN4O3. The molecule has 3 aromatic rings. The molecule has 0 spiro atoms. The minimum Gasteiger partial charge on any atom is -0.478 e. The van der Waals surface area contributed by atoms with Gasteiger partial charge in [-0.05, 0) is 43.7 Å². The van der Waals surface area contributed by atoms with Gasteiger partial charge >= 0.3 is 0 Å². The van der Waals surface area contributed by atoms with Gasteiger partial charge in [0.15, 0.2) is 17.7 Å². The number of hydrazine groups is 1. The monoisotopic (exact) mass is 430 g/mol. The van der Waals surface area contributed by atoms with Crippen LogP contribution >= 0.6 is 11.6 Å². The fourth-order valence-electron chi connectivity index (χ4n) is 2.81. The first-order valence-electron chi connectivity index (χ1n) is 9.25. The lowest BCUT2D eigenvalue weighted by Gasteiger charge is -2.15.